The molecule has 1 aromatic carbocycles. The van der Waals surface area contributed by atoms with Crippen LogP contribution in [0.1, 0.15) is 44.1 Å². The first-order valence-corrected chi connectivity index (χ1v) is 8.87. The summed E-state index contributed by atoms with van der Waals surface area (Å²) in [5, 5.41) is 3.67. The maximum Gasteiger partial charge on any atom is 0.193 e. The Morgan fingerprint density at radius 2 is 1.96 bits per heavy atom. The van der Waals surface area contributed by atoms with Crippen LogP contribution in [0.2, 0.25) is 0 Å². The zero-order valence-electron chi connectivity index (χ0n) is 14.5. The van der Waals surface area contributed by atoms with E-state index in [2.05, 4.69) is 33.4 Å². The second kappa shape index (κ2) is 7.24. The zero-order chi connectivity index (χ0) is 16.1. The van der Waals surface area contributed by atoms with E-state index in [4.69, 9.17) is 4.74 Å². The summed E-state index contributed by atoms with van der Waals surface area (Å²) in [6.07, 6.45) is 7.65. The molecule has 4 heteroatoms. The number of likely N-dealkylation sites (tertiary alicyclic amines) is 1. The van der Waals surface area contributed by atoms with Gasteiger partial charge in [-0.05, 0) is 43.4 Å². The molecule has 23 heavy (non-hydrogen) atoms. The number of hydrogen-bond acceptors (Lipinski definition) is 2. The Kier molecular flexibility index (Phi) is 5.09. The minimum Gasteiger partial charge on any atom is -0.497 e. The van der Waals surface area contributed by atoms with E-state index in [-0.39, 0.29) is 5.41 Å². The number of hydrogen-bond donors (Lipinski definition) is 1. The standard InChI is InChI=1S/C19H29N3O/c1-20-18(22-12-5-6-13-22)21-15-19(10-3-4-11-19)16-8-7-9-17(14-16)23-2/h7-9,14H,3-6,10-13,15H2,1-2H3,(H,20,21). The van der Waals surface area contributed by atoms with Crippen molar-refractivity contribution in [3.05, 3.63) is 29.8 Å². The molecule has 0 spiro atoms. The van der Waals surface area contributed by atoms with Gasteiger partial charge >= 0.3 is 0 Å². The fourth-order valence-corrected chi connectivity index (χ4v) is 4.08. The van der Waals surface area contributed by atoms with E-state index in [1.807, 2.05) is 13.1 Å². The lowest BCUT2D eigenvalue weighted by atomic mass is 9.78. The molecule has 4 nitrogen and oxygen atoms in total. The predicted molar refractivity (Wildman–Crippen MR) is 95.3 cm³/mol. The molecule has 0 unspecified atom stereocenters. The Labute approximate surface area is 139 Å². The molecule has 126 valence electrons. The summed E-state index contributed by atoms with van der Waals surface area (Å²) in [4.78, 5) is 6.88. The summed E-state index contributed by atoms with van der Waals surface area (Å²) in [6, 6.07) is 8.62. The largest absolute Gasteiger partial charge is 0.497 e. The summed E-state index contributed by atoms with van der Waals surface area (Å²) in [7, 11) is 3.64. The molecule has 2 aliphatic rings. The number of nitrogens with one attached hydrogen (secondary N) is 1. The highest BCUT2D eigenvalue weighted by molar-refractivity contribution is 5.80. The molecule has 1 saturated heterocycles. The van der Waals surface area contributed by atoms with Crippen LogP contribution >= 0.6 is 0 Å². The number of nitrogens with zero attached hydrogens (tertiary/aromatic N) is 2. The van der Waals surface area contributed by atoms with Crippen LogP contribution in [0.5, 0.6) is 5.75 Å². The van der Waals surface area contributed by atoms with E-state index in [0.717, 1.165) is 31.3 Å². The molecule has 0 atom stereocenters. The summed E-state index contributed by atoms with van der Waals surface area (Å²) in [5.74, 6) is 2.02. The molecule has 0 bridgehead atoms. The lowest BCUT2D eigenvalue weighted by Gasteiger charge is -2.32. The molecule has 1 heterocycles. The van der Waals surface area contributed by atoms with Gasteiger partial charge in [-0.2, -0.15) is 0 Å². The second-order valence-corrected chi connectivity index (χ2v) is 6.81. The van der Waals surface area contributed by atoms with Gasteiger partial charge in [0, 0.05) is 32.1 Å². The normalized spacial score (nSPS) is 20.8. The van der Waals surface area contributed by atoms with Gasteiger partial charge in [0.05, 0.1) is 7.11 Å². The van der Waals surface area contributed by atoms with Gasteiger partial charge in [0.2, 0.25) is 0 Å². The van der Waals surface area contributed by atoms with Crippen molar-refractivity contribution in [2.45, 2.75) is 43.9 Å². The van der Waals surface area contributed by atoms with Crippen LogP contribution in [0, 0.1) is 0 Å². The van der Waals surface area contributed by atoms with E-state index >= 15 is 0 Å². The first-order valence-electron chi connectivity index (χ1n) is 8.87. The van der Waals surface area contributed by atoms with Gasteiger partial charge in [0.25, 0.3) is 0 Å². The minimum atomic E-state index is 0.213. The number of rotatable bonds is 4. The third kappa shape index (κ3) is 3.46. The van der Waals surface area contributed by atoms with Crippen molar-refractivity contribution in [1.29, 1.82) is 0 Å². The first-order chi connectivity index (χ1) is 11.3. The van der Waals surface area contributed by atoms with Crippen LogP contribution in [-0.4, -0.2) is 44.7 Å². The molecule has 0 amide bonds. The fraction of sp³-hybridized carbons (Fsp3) is 0.632. The van der Waals surface area contributed by atoms with E-state index < -0.39 is 0 Å². The van der Waals surface area contributed by atoms with Crippen LogP contribution in [0.15, 0.2) is 29.3 Å². The molecule has 2 fully saturated rings. The molecule has 0 aromatic heterocycles. The Morgan fingerprint density at radius 1 is 1.22 bits per heavy atom. The Morgan fingerprint density at radius 3 is 2.61 bits per heavy atom. The van der Waals surface area contributed by atoms with Crippen molar-refractivity contribution in [2.24, 2.45) is 4.99 Å². The van der Waals surface area contributed by atoms with E-state index in [0.29, 0.717) is 0 Å². The van der Waals surface area contributed by atoms with Crippen molar-refractivity contribution in [1.82, 2.24) is 10.2 Å². The maximum atomic E-state index is 5.44. The summed E-state index contributed by atoms with van der Waals surface area (Å²) in [5.41, 5.74) is 1.61. The molecule has 0 radical (unpaired) electrons. The smallest absolute Gasteiger partial charge is 0.193 e. The predicted octanol–water partition coefficient (Wildman–Crippen LogP) is 3.18. The van der Waals surface area contributed by atoms with Gasteiger partial charge in [0.15, 0.2) is 5.96 Å². The SMILES string of the molecule is CN=C(NCC1(c2cccc(OC)c2)CCCC1)N1CCCC1. The second-order valence-electron chi connectivity index (χ2n) is 6.81. The topological polar surface area (TPSA) is 36.9 Å². The first kappa shape index (κ1) is 16.2. The Balaban J connectivity index is 1.75. The van der Waals surface area contributed by atoms with Gasteiger partial charge in [-0.1, -0.05) is 25.0 Å². The van der Waals surface area contributed by atoms with Gasteiger partial charge < -0.3 is 15.0 Å². The third-order valence-corrected chi connectivity index (χ3v) is 5.45. The van der Waals surface area contributed by atoms with Crippen molar-refractivity contribution < 1.29 is 4.74 Å². The monoisotopic (exact) mass is 315 g/mol. The van der Waals surface area contributed by atoms with Crippen LogP contribution < -0.4 is 10.1 Å². The molecule has 1 saturated carbocycles. The summed E-state index contributed by atoms with van der Waals surface area (Å²) in [6.45, 7) is 3.22. The third-order valence-electron chi connectivity index (χ3n) is 5.45. The number of guanidine groups is 1. The summed E-state index contributed by atoms with van der Waals surface area (Å²) >= 11 is 0. The van der Waals surface area contributed by atoms with Crippen LogP contribution in [0.25, 0.3) is 0 Å². The zero-order valence-corrected chi connectivity index (χ0v) is 14.5. The number of benzene rings is 1. The highest BCUT2D eigenvalue weighted by Gasteiger charge is 2.36. The lowest BCUT2D eigenvalue weighted by molar-refractivity contribution is 0.398. The average Bonchev–Trinajstić information content (AvgIpc) is 3.28. The van der Waals surface area contributed by atoms with Gasteiger partial charge in [-0.15, -0.1) is 0 Å². The molecule has 3 rings (SSSR count). The van der Waals surface area contributed by atoms with Crippen molar-refractivity contribution >= 4 is 5.96 Å². The molecule has 1 aliphatic heterocycles. The Bertz CT molecular complexity index is 543. The fourth-order valence-electron chi connectivity index (χ4n) is 4.08. The number of ether oxygens (including phenoxy) is 1. The van der Waals surface area contributed by atoms with Crippen LogP contribution in [0.3, 0.4) is 0 Å². The Hall–Kier alpha value is -1.71. The van der Waals surface area contributed by atoms with Gasteiger partial charge in [-0.25, -0.2) is 0 Å². The maximum absolute atomic E-state index is 5.44. The van der Waals surface area contributed by atoms with E-state index in [1.165, 1.54) is 44.1 Å². The van der Waals surface area contributed by atoms with Gasteiger partial charge in [0.1, 0.15) is 5.75 Å². The summed E-state index contributed by atoms with van der Waals surface area (Å²) < 4.78 is 5.44. The molecule has 1 aromatic rings. The van der Waals surface area contributed by atoms with Crippen molar-refractivity contribution in [3.63, 3.8) is 0 Å². The molecule has 1 aliphatic carbocycles. The van der Waals surface area contributed by atoms with E-state index in [1.54, 1.807) is 7.11 Å². The highest BCUT2D eigenvalue weighted by Crippen LogP contribution is 2.41. The average molecular weight is 315 g/mol. The number of aliphatic imine (C=N–C) groups is 1. The minimum absolute atomic E-state index is 0.213. The van der Waals surface area contributed by atoms with E-state index in [9.17, 15) is 0 Å². The van der Waals surface area contributed by atoms with Gasteiger partial charge in [-0.3, -0.25) is 4.99 Å². The van der Waals surface area contributed by atoms with Crippen molar-refractivity contribution in [3.8, 4) is 5.75 Å². The molecular formula is C19H29N3O. The molecule has 1 N–H and O–H groups in total. The quantitative estimate of drug-likeness (QED) is 0.685. The number of methoxy groups -OCH3 is 1. The van der Waals surface area contributed by atoms with Crippen molar-refractivity contribution in [2.75, 3.05) is 33.8 Å². The highest BCUT2D eigenvalue weighted by atomic mass is 16.5. The molecular weight excluding hydrogens is 286 g/mol. The lowest BCUT2D eigenvalue weighted by Crippen LogP contribution is -2.45. The van der Waals surface area contributed by atoms with Crippen LogP contribution in [0.4, 0.5) is 0 Å². The van der Waals surface area contributed by atoms with Crippen LogP contribution in [-0.2, 0) is 5.41 Å².